The number of rotatable bonds is 9. The first kappa shape index (κ1) is 11.9. The summed E-state index contributed by atoms with van der Waals surface area (Å²) < 4.78 is 15.4. The van der Waals surface area contributed by atoms with Gasteiger partial charge in [-0.25, -0.2) is 0 Å². The summed E-state index contributed by atoms with van der Waals surface area (Å²) >= 11 is 0. The van der Waals surface area contributed by atoms with Crippen LogP contribution in [0.4, 0.5) is 0 Å². The summed E-state index contributed by atoms with van der Waals surface area (Å²) in [5.41, 5.74) is 2.30. The van der Waals surface area contributed by atoms with Crippen LogP contribution in [0, 0.1) is 0 Å². The largest absolute Gasteiger partial charge is 0.381 e. The van der Waals surface area contributed by atoms with E-state index in [-0.39, 0.29) is 9.52 Å². The lowest BCUT2D eigenvalue weighted by molar-refractivity contribution is 0.117. The topological polar surface area (TPSA) is 31.0 Å². The van der Waals surface area contributed by atoms with Gasteiger partial charge in [0.2, 0.25) is 0 Å². The predicted molar refractivity (Wildman–Crippen MR) is 59.5 cm³/mol. The molecular formula is C10H20O3Si. The molecule has 3 nitrogen and oxygen atoms in total. The van der Waals surface area contributed by atoms with E-state index < -0.39 is 0 Å². The third-order valence-electron chi connectivity index (χ3n) is 2.05. The van der Waals surface area contributed by atoms with Crippen LogP contribution in [0.15, 0.2) is 11.8 Å². The maximum absolute atomic E-state index is 5.43. The summed E-state index contributed by atoms with van der Waals surface area (Å²) in [6, 6.07) is 1.33. The Labute approximate surface area is 88.2 Å². The highest BCUT2D eigenvalue weighted by Crippen LogP contribution is 2.08. The van der Waals surface area contributed by atoms with E-state index in [0.717, 1.165) is 26.4 Å². The van der Waals surface area contributed by atoms with Gasteiger partial charge in [0.1, 0.15) is 6.10 Å². The minimum absolute atomic E-state index is 0.0125. The molecule has 1 rings (SSSR count). The predicted octanol–water partition coefficient (Wildman–Crippen LogP) is 0.539. The van der Waals surface area contributed by atoms with Crippen LogP contribution < -0.4 is 0 Å². The Kier molecular flexibility index (Phi) is 6.95. The SMILES string of the molecule is COCC=C[SiH2]CCCOCC1CO1. The van der Waals surface area contributed by atoms with Crippen LogP contribution in [0.3, 0.4) is 0 Å². The molecule has 0 N–H and O–H groups in total. The average molecular weight is 216 g/mol. The van der Waals surface area contributed by atoms with Gasteiger partial charge in [-0.15, -0.1) is 5.70 Å². The number of methoxy groups -OCH3 is 1. The second-order valence-electron chi connectivity index (χ2n) is 3.45. The van der Waals surface area contributed by atoms with Crippen molar-refractivity contribution in [1.82, 2.24) is 0 Å². The molecule has 0 radical (unpaired) electrons. The highest BCUT2D eigenvalue weighted by Gasteiger charge is 2.21. The molecule has 0 aromatic heterocycles. The number of ether oxygens (including phenoxy) is 3. The molecule has 0 aliphatic carbocycles. The van der Waals surface area contributed by atoms with Gasteiger partial charge in [-0.1, -0.05) is 12.1 Å². The fourth-order valence-corrected chi connectivity index (χ4v) is 2.23. The maximum Gasteiger partial charge on any atom is 0.104 e. The Balaban J connectivity index is 1.70. The van der Waals surface area contributed by atoms with E-state index in [0.29, 0.717) is 6.10 Å². The Morgan fingerprint density at radius 3 is 3.14 bits per heavy atom. The lowest BCUT2D eigenvalue weighted by atomic mass is 10.5. The van der Waals surface area contributed by atoms with Crippen molar-refractivity contribution in [2.45, 2.75) is 18.6 Å². The highest BCUT2D eigenvalue weighted by atomic mass is 28.2. The lowest BCUT2D eigenvalue weighted by Gasteiger charge is -1.99. The Morgan fingerprint density at radius 1 is 1.57 bits per heavy atom. The molecule has 0 saturated carbocycles. The van der Waals surface area contributed by atoms with Crippen LogP contribution in [0.5, 0.6) is 0 Å². The first-order chi connectivity index (χ1) is 6.93. The molecule has 4 heteroatoms. The fraction of sp³-hybridized carbons (Fsp3) is 0.800. The van der Waals surface area contributed by atoms with Crippen LogP contribution >= 0.6 is 0 Å². The summed E-state index contributed by atoms with van der Waals surface area (Å²) in [5, 5.41) is 0. The molecule has 0 amide bonds. The summed E-state index contributed by atoms with van der Waals surface area (Å²) in [6.07, 6.45) is 3.72. The zero-order chi connectivity index (χ0) is 10.1. The van der Waals surface area contributed by atoms with Crippen molar-refractivity contribution >= 4 is 9.52 Å². The van der Waals surface area contributed by atoms with Gasteiger partial charge in [0.15, 0.2) is 0 Å². The Morgan fingerprint density at radius 2 is 2.43 bits per heavy atom. The Hall–Kier alpha value is -0.163. The van der Waals surface area contributed by atoms with Crippen molar-refractivity contribution in [2.24, 2.45) is 0 Å². The molecule has 1 atom stereocenters. The smallest absolute Gasteiger partial charge is 0.104 e. The number of hydrogen-bond acceptors (Lipinski definition) is 3. The molecule has 1 heterocycles. The molecule has 1 fully saturated rings. The van der Waals surface area contributed by atoms with Crippen molar-refractivity contribution in [3.8, 4) is 0 Å². The molecule has 1 aliphatic heterocycles. The summed E-state index contributed by atoms with van der Waals surface area (Å²) in [7, 11) is 1.71. The van der Waals surface area contributed by atoms with E-state index in [9.17, 15) is 0 Å². The summed E-state index contributed by atoms with van der Waals surface area (Å²) in [6.45, 7) is 3.34. The minimum atomic E-state index is -0.0125. The molecule has 0 bridgehead atoms. The van der Waals surface area contributed by atoms with Crippen molar-refractivity contribution < 1.29 is 14.2 Å². The molecule has 0 spiro atoms. The molecule has 82 valence electrons. The molecule has 1 unspecified atom stereocenters. The van der Waals surface area contributed by atoms with Gasteiger partial charge < -0.3 is 14.2 Å². The lowest BCUT2D eigenvalue weighted by Crippen LogP contribution is -2.03. The van der Waals surface area contributed by atoms with Crippen molar-refractivity contribution in [3.05, 3.63) is 11.8 Å². The number of epoxide rings is 1. The molecule has 0 aromatic carbocycles. The van der Waals surface area contributed by atoms with E-state index in [1.54, 1.807) is 7.11 Å². The zero-order valence-corrected chi connectivity index (χ0v) is 10.3. The van der Waals surface area contributed by atoms with Crippen molar-refractivity contribution in [3.63, 3.8) is 0 Å². The third-order valence-corrected chi connectivity index (χ3v) is 3.62. The maximum atomic E-state index is 5.43. The van der Waals surface area contributed by atoms with E-state index in [4.69, 9.17) is 14.2 Å². The first-order valence-electron chi connectivity index (χ1n) is 5.26. The minimum Gasteiger partial charge on any atom is -0.381 e. The normalized spacial score (nSPS) is 21.4. The van der Waals surface area contributed by atoms with E-state index >= 15 is 0 Å². The summed E-state index contributed by atoms with van der Waals surface area (Å²) in [5.74, 6) is 0. The van der Waals surface area contributed by atoms with E-state index in [1.165, 1.54) is 12.5 Å². The van der Waals surface area contributed by atoms with Gasteiger partial charge in [0.05, 0.1) is 19.8 Å². The van der Waals surface area contributed by atoms with Gasteiger partial charge in [-0.3, -0.25) is 0 Å². The molecule has 0 aromatic rings. The highest BCUT2D eigenvalue weighted by molar-refractivity contribution is 6.41. The van der Waals surface area contributed by atoms with Crippen LogP contribution in [0.1, 0.15) is 6.42 Å². The van der Waals surface area contributed by atoms with Crippen LogP contribution in [0.25, 0.3) is 0 Å². The Bertz CT molecular complexity index is 157. The molecule has 1 aliphatic rings. The number of hydrogen-bond donors (Lipinski definition) is 0. The zero-order valence-electron chi connectivity index (χ0n) is 8.91. The van der Waals surface area contributed by atoms with E-state index in [1.807, 2.05) is 0 Å². The monoisotopic (exact) mass is 216 g/mol. The second kappa shape index (κ2) is 8.17. The van der Waals surface area contributed by atoms with Crippen LogP contribution in [-0.2, 0) is 14.2 Å². The van der Waals surface area contributed by atoms with Gasteiger partial charge >= 0.3 is 0 Å². The van der Waals surface area contributed by atoms with Crippen molar-refractivity contribution in [1.29, 1.82) is 0 Å². The van der Waals surface area contributed by atoms with Gasteiger partial charge in [0.25, 0.3) is 0 Å². The standard InChI is InChI=1S/C10H20O3Si/c1-11-4-2-6-14-7-3-5-12-8-10-9-13-10/h2,6,10H,3-5,7-9,14H2,1H3. The average Bonchev–Trinajstić information content (AvgIpc) is 2.99. The van der Waals surface area contributed by atoms with E-state index in [2.05, 4.69) is 11.8 Å². The molecule has 1 saturated heterocycles. The third kappa shape index (κ3) is 7.26. The van der Waals surface area contributed by atoms with Gasteiger partial charge in [-0.05, 0) is 6.42 Å². The molecule has 14 heavy (non-hydrogen) atoms. The van der Waals surface area contributed by atoms with Crippen LogP contribution in [-0.4, -0.2) is 49.2 Å². The summed E-state index contributed by atoms with van der Waals surface area (Å²) in [4.78, 5) is 0. The molecular weight excluding hydrogens is 196 g/mol. The second-order valence-corrected chi connectivity index (χ2v) is 5.21. The first-order valence-corrected chi connectivity index (χ1v) is 7.08. The van der Waals surface area contributed by atoms with Gasteiger partial charge in [-0.2, -0.15) is 0 Å². The fourth-order valence-electron chi connectivity index (χ4n) is 1.13. The van der Waals surface area contributed by atoms with Crippen molar-refractivity contribution in [2.75, 3.05) is 33.5 Å². The van der Waals surface area contributed by atoms with Gasteiger partial charge in [0, 0.05) is 23.2 Å². The quantitative estimate of drug-likeness (QED) is 0.320. The van der Waals surface area contributed by atoms with Crippen LogP contribution in [0.2, 0.25) is 6.04 Å².